The Balaban J connectivity index is 2.83. The summed E-state index contributed by atoms with van der Waals surface area (Å²) in [5, 5.41) is 0.710. The molecule has 0 spiro atoms. The maximum absolute atomic E-state index is 11.2. The van der Waals surface area contributed by atoms with Gasteiger partial charge in [-0.15, -0.1) is 0 Å². The van der Waals surface area contributed by atoms with E-state index in [1.54, 1.807) is 6.92 Å². The summed E-state index contributed by atoms with van der Waals surface area (Å²) in [6.07, 6.45) is 2.51. The second kappa shape index (κ2) is 4.97. The Labute approximate surface area is 89.4 Å². The Bertz CT molecular complexity index is 366. The summed E-state index contributed by atoms with van der Waals surface area (Å²) in [5.74, 6) is 0.118. The van der Waals surface area contributed by atoms with Crippen LogP contribution in [0.25, 0.3) is 0 Å². The fourth-order valence-electron chi connectivity index (χ4n) is 1.30. The highest BCUT2D eigenvalue weighted by Gasteiger charge is 2.03. The number of benzene rings is 1. The molecule has 0 fully saturated rings. The molecular weight excluding hydrogens is 196 g/mol. The molecule has 1 aromatic rings. The molecule has 1 aromatic carbocycles. The van der Waals surface area contributed by atoms with Gasteiger partial charge < -0.3 is 0 Å². The van der Waals surface area contributed by atoms with Gasteiger partial charge >= 0.3 is 0 Å². The van der Waals surface area contributed by atoms with Crippen LogP contribution in [0.15, 0.2) is 35.9 Å². The quantitative estimate of drug-likeness (QED) is 0.696. The minimum Gasteiger partial charge on any atom is -0.295 e. The van der Waals surface area contributed by atoms with Gasteiger partial charge in [0.1, 0.15) is 0 Å². The van der Waals surface area contributed by atoms with Crippen LogP contribution in [0.1, 0.15) is 19.4 Å². The Morgan fingerprint density at radius 2 is 2.21 bits per heavy atom. The van der Waals surface area contributed by atoms with E-state index in [1.165, 1.54) is 0 Å². The average molecular weight is 209 g/mol. The van der Waals surface area contributed by atoms with E-state index < -0.39 is 0 Å². The number of ketones is 1. The Hall–Kier alpha value is -1.08. The third-order valence-corrected chi connectivity index (χ3v) is 2.32. The molecule has 14 heavy (non-hydrogen) atoms. The van der Waals surface area contributed by atoms with Gasteiger partial charge in [0.25, 0.3) is 0 Å². The number of halogens is 1. The highest BCUT2D eigenvalue weighted by molar-refractivity contribution is 6.30. The largest absolute Gasteiger partial charge is 0.295 e. The topological polar surface area (TPSA) is 17.1 Å². The first-order chi connectivity index (χ1) is 6.63. The Morgan fingerprint density at radius 3 is 2.71 bits per heavy atom. The van der Waals surface area contributed by atoms with Crippen LogP contribution in [-0.4, -0.2) is 5.78 Å². The second-order valence-electron chi connectivity index (χ2n) is 3.18. The van der Waals surface area contributed by atoms with E-state index in [-0.39, 0.29) is 5.78 Å². The van der Waals surface area contributed by atoms with Crippen molar-refractivity contribution < 1.29 is 4.79 Å². The van der Waals surface area contributed by atoms with E-state index >= 15 is 0 Å². The van der Waals surface area contributed by atoms with Crippen molar-refractivity contribution in [1.82, 2.24) is 0 Å². The van der Waals surface area contributed by atoms with Crippen LogP contribution in [-0.2, 0) is 11.2 Å². The zero-order valence-electron chi connectivity index (χ0n) is 8.38. The number of rotatable bonds is 3. The number of carbonyl (C=O) groups excluding carboxylic acids is 1. The molecule has 2 heteroatoms. The minimum atomic E-state index is 0.118. The summed E-state index contributed by atoms with van der Waals surface area (Å²) in [6, 6.07) is 7.57. The third kappa shape index (κ3) is 3.00. The van der Waals surface area contributed by atoms with Gasteiger partial charge in [-0.2, -0.15) is 0 Å². The second-order valence-corrected chi connectivity index (χ2v) is 3.61. The third-order valence-electron chi connectivity index (χ3n) is 2.08. The van der Waals surface area contributed by atoms with Crippen molar-refractivity contribution in [1.29, 1.82) is 0 Å². The van der Waals surface area contributed by atoms with Crippen molar-refractivity contribution >= 4 is 17.4 Å². The number of carbonyl (C=O) groups is 1. The summed E-state index contributed by atoms with van der Waals surface area (Å²) in [5.41, 5.74) is 1.90. The molecule has 0 heterocycles. The van der Waals surface area contributed by atoms with Gasteiger partial charge in [0, 0.05) is 11.4 Å². The molecule has 0 N–H and O–H groups in total. The lowest BCUT2D eigenvalue weighted by Gasteiger charge is -2.03. The van der Waals surface area contributed by atoms with Crippen LogP contribution in [0.5, 0.6) is 0 Å². The van der Waals surface area contributed by atoms with Gasteiger partial charge in [-0.1, -0.05) is 29.8 Å². The molecule has 0 unspecified atom stereocenters. The summed E-state index contributed by atoms with van der Waals surface area (Å²) < 4.78 is 0. The summed E-state index contributed by atoms with van der Waals surface area (Å²) in [4.78, 5) is 11.2. The molecule has 0 bridgehead atoms. The lowest BCUT2D eigenvalue weighted by Crippen LogP contribution is -2.00. The Morgan fingerprint density at radius 1 is 1.50 bits per heavy atom. The van der Waals surface area contributed by atoms with Gasteiger partial charge in [-0.05, 0) is 37.1 Å². The monoisotopic (exact) mass is 208 g/mol. The molecule has 0 aliphatic heterocycles. The first kappa shape index (κ1) is 11.0. The molecule has 0 aromatic heterocycles. The first-order valence-corrected chi connectivity index (χ1v) is 4.92. The van der Waals surface area contributed by atoms with Crippen LogP contribution >= 0.6 is 11.6 Å². The summed E-state index contributed by atoms with van der Waals surface area (Å²) in [6.45, 7) is 3.46. The standard InChI is InChI=1S/C12H13ClO/c1-3-11(9(2)14)7-10-5-4-6-12(13)8-10/h3-6,8H,7H2,1-2H3/b11-3+. The summed E-state index contributed by atoms with van der Waals surface area (Å²) >= 11 is 5.85. The van der Waals surface area contributed by atoms with Crippen LogP contribution in [0, 0.1) is 0 Å². The van der Waals surface area contributed by atoms with E-state index in [4.69, 9.17) is 11.6 Å². The fourth-order valence-corrected chi connectivity index (χ4v) is 1.51. The molecule has 0 amide bonds. The van der Waals surface area contributed by atoms with Crippen LogP contribution in [0.3, 0.4) is 0 Å². The maximum Gasteiger partial charge on any atom is 0.155 e. The number of hydrogen-bond acceptors (Lipinski definition) is 1. The molecule has 0 saturated heterocycles. The van der Waals surface area contributed by atoms with Crippen molar-refractivity contribution in [2.45, 2.75) is 20.3 Å². The zero-order valence-corrected chi connectivity index (χ0v) is 9.14. The van der Waals surface area contributed by atoms with Crippen LogP contribution < -0.4 is 0 Å². The molecule has 1 rings (SSSR count). The minimum absolute atomic E-state index is 0.118. The highest BCUT2D eigenvalue weighted by Crippen LogP contribution is 2.14. The van der Waals surface area contributed by atoms with Crippen molar-refractivity contribution in [3.8, 4) is 0 Å². The highest BCUT2D eigenvalue weighted by atomic mass is 35.5. The molecule has 0 radical (unpaired) electrons. The maximum atomic E-state index is 11.2. The van der Waals surface area contributed by atoms with Crippen LogP contribution in [0.2, 0.25) is 5.02 Å². The molecule has 1 nitrogen and oxygen atoms in total. The SMILES string of the molecule is C/C=C(\Cc1cccc(Cl)c1)C(C)=O. The van der Waals surface area contributed by atoms with Crippen molar-refractivity contribution in [2.24, 2.45) is 0 Å². The number of Topliss-reactive ketones (excluding diaryl/α,β-unsaturated/α-hetero) is 1. The molecule has 74 valence electrons. The van der Waals surface area contributed by atoms with E-state index in [2.05, 4.69) is 0 Å². The summed E-state index contributed by atoms with van der Waals surface area (Å²) in [7, 11) is 0. The first-order valence-electron chi connectivity index (χ1n) is 4.54. The molecule has 0 aliphatic carbocycles. The lowest BCUT2D eigenvalue weighted by atomic mass is 10.0. The fraction of sp³-hybridized carbons (Fsp3) is 0.250. The normalized spacial score (nSPS) is 11.5. The molecular formula is C12H13ClO. The zero-order chi connectivity index (χ0) is 10.6. The lowest BCUT2D eigenvalue weighted by molar-refractivity contribution is -0.113. The van der Waals surface area contributed by atoms with E-state index in [9.17, 15) is 4.79 Å². The van der Waals surface area contributed by atoms with Crippen molar-refractivity contribution in [3.05, 3.63) is 46.5 Å². The predicted octanol–water partition coefficient (Wildman–Crippen LogP) is 3.42. The van der Waals surface area contributed by atoms with Gasteiger partial charge in [0.05, 0.1) is 0 Å². The van der Waals surface area contributed by atoms with Gasteiger partial charge in [0.2, 0.25) is 0 Å². The Kier molecular flexibility index (Phi) is 3.90. The molecule has 0 aliphatic rings. The number of hydrogen-bond donors (Lipinski definition) is 0. The number of allylic oxidation sites excluding steroid dienone is 2. The average Bonchev–Trinajstić information content (AvgIpc) is 2.14. The van der Waals surface area contributed by atoms with Gasteiger partial charge in [0.15, 0.2) is 5.78 Å². The molecule has 0 saturated carbocycles. The van der Waals surface area contributed by atoms with E-state index in [0.29, 0.717) is 11.4 Å². The van der Waals surface area contributed by atoms with Crippen molar-refractivity contribution in [2.75, 3.05) is 0 Å². The van der Waals surface area contributed by atoms with Gasteiger partial charge in [-0.3, -0.25) is 4.79 Å². The predicted molar refractivity (Wildman–Crippen MR) is 59.6 cm³/mol. The van der Waals surface area contributed by atoms with E-state index in [1.807, 2.05) is 37.3 Å². The van der Waals surface area contributed by atoms with Crippen molar-refractivity contribution in [3.63, 3.8) is 0 Å². The van der Waals surface area contributed by atoms with Crippen LogP contribution in [0.4, 0.5) is 0 Å². The van der Waals surface area contributed by atoms with E-state index in [0.717, 1.165) is 11.1 Å². The molecule has 0 atom stereocenters. The van der Waals surface area contributed by atoms with Gasteiger partial charge in [-0.25, -0.2) is 0 Å². The smallest absolute Gasteiger partial charge is 0.155 e.